The topological polar surface area (TPSA) is 99.3 Å². The molecule has 39 heavy (non-hydrogen) atoms. The second-order valence-corrected chi connectivity index (χ2v) is 8.42. The lowest BCUT2D eigenvalue weighted by atomic mass is 9.97. The summed E-state index contributed by atoms with van der Waals surface area (Å²) in [6.45, 7) is 4.10. The van der Waals surface area contributed by atoms with Crippen LogP contribution in [-0.2, 0) is 19.1 Å². The van der Waals surface area contributed by atoms with Gasteiger partial charge in [-0.1, -0.05) is 12.7 Å². The normalized spacial score (nSPS) is 12.8. The molecule has 3 aromatic rings. The van der Waals surface area contributed by atoms with Gasteiger partial charge in [0.1, 0.15) is 30.4 Å². The van der Waals surface area contributed by atoms with Crippen molar-refractivity contribution in [3.8, 4) is 34.7 Å². The lowest BCUT2D eigenvalue weighted by Crippen LogP contribution is -2.28. The minimum atomic E-state index is -4.53. The molecule has 8 nitrogen and oxygen atoms in total. The van der Waals surface area contributed by atoms with Gasteiger partial charge in [-0.3, -0.25) is 4.57 Å². The SMILES string of the molecule is C=C(C#N)/C=C(\C=C/COc1ccc(C(F)(F)F)nc1)COc1cc2n(c(=O)n1)CCc1cc(OC)ccc1-2. The summed E-state index contributed by atoms with van der Waals surface area (Å²) in [5, 5.41) is 9.13. The van der Waals surface area contributed by atoms with E-state index in [1.807, 2.05) is 24.3 Å². The van der Waals surface area contributed by atoms with Crippen molar-refractivity contribution in [2.24, 2.45) is 0 Å². The van der Waals surface area contributed by atoms with Crippen molar-refractivity contribution in [3.63, 3.8) is 0 Å². The van der Waals surface area contributed by atoms with E-state index in [1.165, 1.54) is 12.1 Å². The number of allylic oxidation sites excluding steroid dienone is 2. The molecule has 4 rings (SSSR count). The molecule has 11 heteroatoms. The zero-order chi connectivity index (χ0) is 28.0. The van der Waals surface area contributed by atoms with Crippen LogP contribution < -0.4 is 19.9 Å². The van der Waals surface area contributed by atoms with Crippen molar-refractivity contribution in [3.05, 3.63) is 100 Å². The highest BCUT2D eigenvalue weighted by molar-refractivity contribution is 5.67. The van der Waals surface area contributed by atoms with Crippen LogP contribution in [0.3, 0.4) is 0 Å². The molecule has 1 aliphatic rings. The zero-order valence-corrected chi connectivity index (χ0v) is 20.9. The fourth-order valence-electron chi connectivity index (χ4n) is 3.91. The van der Waals surface area contributed by atoms with Crippen LogP contribution in [0, 0.1) is 11.3 Å². The minimum Gasteiger partial charge on any atom is -0.497 e. The number of aryl methyl sites for hydroxylation is 1. The Labute approximate surface area is 221 Å². The Morgan fingerprint density at radius 2 is 2.00 bits per heavy atom. The second kappa shape index (κ2) is 11.7. The summed E-state index contributed by atoms with van der Waals surface area (Å²) in [5.41, 5.74) is 1.85. The largest absolute Gasteiger partial charge is 0.497 e. The molecule has 1 aromatic carbocycles. The number of fused-ring (bicyclic) bond motifs is 3. The van der Waals surface area contributed by atoms with E-state index in [4.69, 9.17) is 19.5 Å². The molecule has 2 aromatic heterocycles. The predicted molar refractivity (Wildman–Crippen MR) is 136 cm³/mol. The van der Waals surface area contributed by atoms with Gasteiger partial charge in [0.15, 0.2) is 0 Å². The Hall–Kier alpha value is -4.85. The van der Waals surface area contributed by atoms with Crippen LogP contribution in [0.25, 0.3) is 11.3 Å². The molecular weight excluding hydrogens is 513 g/mol. The van der Waals surface area contributed by atoms with Crippen LogP contribution in [0.4, 0.5) is 13.2 Å². The lowest BCUT2D eigenvalue weighted by Gasteiger charge is -2.22. The number of hydrogen-bond acceptors (Lipinski definition) is 7. The average molecular weight is 537 g/mol. The minimum absolute atomic E-state index is 0.0160. The first kappa shape index (κ1) is 27.2. The molecule has 0 spiro atoms. The van der Waals surface area contributed by atoms with Gasteiger partial charge in [0.05, 0.1) is 25.1 Å². The van der Waals surface area contributed by atoms with Crippen LogP contribution in [-0.4, -0.2) is 34.9 Å². The fourth-order valence-corrected chi connectivity index (χ4v) is 3.91. The summed E-state index contributed by atoms with van der Waals surface area (Å²) in [5.74, 6) is 1.00. The number of aromatic nitrogens is 3. The van der Waals surface area contributed by atoms with Gasteiger partial charge in [0.25, 0.3) is 0 Å². The van der Waals surface area contributed by atoms with Gasteiger partial charge >= 0.3 is 11.9 Å². The Balaban J connectivity index is 1.46. The summed E-state index contributed by atoms with van der Waals surface area (Å²) in [6.07, 6.45) is 1.84. The highest BCUT2D eigenvalue weighted by Gasteiger charge is 2.32. The van der Waals surface area contributed by atoms with Crippen LogP contribution in [0.5, 0.6) is 17.4 Å². The molecule has 0 bridgehead atoms. The summed E-state index contributed by atoms with van der Waals surface area (Å²) in [6, 6.07) is 11.3. The van der Waals surface area contributed by atoms with Gasteiger partial charge in [-0.25, -0.2) is 9.78 Å². The molecule has 0 saturated heterocycles. The highest BCUT2D eigenvalue weighted by Crippen LogP contribution is 2.32. The molecule has 0 atom stereocenters. The van der Waals surface area contributed by atoms with E-state index in [2.05, 4.69) is 16.5 Å². The zero-order valence-electron chi connectivity index (χ0n) is 20.9. The molecule has 0 radical (unpaired) electrons. The van der Waals surface area contributed by atoms with Crippen LogP contribution in [0.15, 0.2) is 83.3 Å². The van der Waals surface area contributed by atoms with Gasteiger partial charge in [0, 0.05) is 23.7 Å². The number of rotatable bonds is 9. The molecule has 1 aliphatic heterocycles. The molecule has 0 aliphatic carbocycles. The Morgan fingerprint density at radius 1 is 1.21 bits per heavy atom. The van der Waals surface area contributed by atoms with Gasteiger partial charge in [0.2, 0.25) is 5.88 Å². The highest BCUT2D eigenvalue weighted by atomic mass is 19.4. The first-order valence-corrected chi connectivity index (χ1v) is 11.7. The number of nitrogens with zero attached hydrogens (tertiary/aromatic N) is 4. The van der Waals surface area contributed by atoms with E-state index in [0.29, 0.717) is 24.2 Å². The Kier molecular flexibility index (Phi) is 8.15. The van der Waals surface area contributed by atoms with Crippen molar-refractivity contribution < 1.29 is 27.4 Å². The summed E-state index contributed by atoms with van der Waals surface area (Å²) in [7, 11) is 1.59. The first-order valence-electron chi connectivity index (χ1n) is 11.7. The van der Waals surface area contributed by atoms with E-state index in [0.717, 1.165) is 29.1 Å². The number of hydrogen-bond donors (Lipinski definition) is 0. The predicted octanol–water partition coefficient (Wildman–Crippen LogP) is 4.91. The van der Waals surface area contributed by atoms with Crippen molar-refractivity contribution in [1.82, 2.24) is 14.5 Å². The van der Waals surface area contributed by atoms with Gasteiger partial charge < -0.3 is 14.2 Å². The standard InChI is InChI=1S/C28H23F3N4O4/c1-18(15-32)12-19(4-3-11-38-22-6-8-25(33-16-22)28(29,30)31)17-39-26-14-24-23-7-5-21(37-2)13-20(23)9-10-35(24)27(36)34-26/h3-8,12-14,16H,1,9-11,17H2,2H3/b4-3-,19-12+. The summed E-state index contributed by atoms with van der Waals surface area (Å²) in [4.78, 5) is 20.1. The van der Waals surface area contributed by atoms with Crippen molar-refractivity contribution in [1.29, 1.82) is 5.26 Å². The van der Waals surface area contributed by atoms with Crippen molar-refractivity contribution in [2.45, 2.75) is 19.1 Å². The van der Waals surface area contributed by atoms with E-state index in [9.17, 15) is 18.0 Å². The molecule has 0 amide bonds. The number of pyridine rings is 1. The second-order valence-electron chi connectivity index (χ2n) is 8.42. The third kappa shape index (κ3) is 6.73. The maximum absolute atomic E-state index is 12.7. The number of nitriles is 1. The van der Waals surface area contributed by atoms with Gasteiger partial charge in [-0.05, 0) is 60.0 Å². The quantitative estimate of drug-likeness (QED) is 0.283. The van der Waals surface area contributed by atoms with Crippen LogP contribution in [0.2, 0.25) is 0 Å². The monoisotopic (exact) mass is 536 g/mol. The Morgan fingerprint density at radius 3 is 2.69 bits per heavy atom. The maximum atomic E-state index is 12.7. The summed E-state index contributed by atoms with van der Waals surface area (Å²) >= 11 is 0. The van der Waals surface area contributed by atoms with Crippen LogP contribution in [0.1, 0.15) is 11.3 Å². The molecule has 0 unspecified atom stereocenters. The van der Waals surface area contributed by atoms with Crippen molar-refractivity contribution in [2.75, 3.05) is 20.3 Å². The van der Waals surface area contributed by atoms with Crippen molar-refractivity contribution >= 4 is 0 Å². The molecule has 0 fully saturated rings. The van der Waals surface area contributed by atoms with E-state index >= 15 is 0 Å². The molecule has 0 saturated carbocycles. The molecular formula is C28H23F3N4O4. The maximum Gasteiger partial charge on any atom is 0.433 e. The van der Waals surface area contributed by atoms with E-state index in [-0.39, 0.29) is 30.4 Å². The third-order valence-electron chi connectivity index (χ3n) is 5.78. The first-order chi connectivity index (χ1) is 18.7. The number of benzene rings is 1. The number of ether oxygens (including phenoxy) is 3. The van der Waals surface area contributed by atoms with E-state index < -0.39 is 17.6 Å². The molecule has 0 N–H and O–H groups in total. The Bertz CT molecular complexity index is 1530. The number of alkyl halides is 3. The number of methoxy groups -OCH3 is 1. The molecule has 200 valence electrons. The summed E-state index contributed by atoms with van der Waals surface area (Å²) < 4.78 is 56.1. The third-order valence-corrected chi connectivity index (χ3v) is 5.78. The lowest BCUT2D eigenvalue weighted by molar-refractivity contribution is -0.141. The molecule has 3 heterocycles. The fraction of sp³-hybridized carbons (Fsp3) is 0.214. The van der Waals surface area contributed by atoms with Gasteiger partial charge in [-0.15, -0.1) is 0 Å². The van der Waals surface area contributed by atoms with Gasteiger partial charge in [-0.2, -0.15) is 23.4 Å². The average Bonchev–Trinajstić information content (AvgIpc) is 2.93. The van der Waals surface area contributed by atoms with E-state index in [1.54, 1.807) is 29.9 Å². The number of halogens is 3. The van der Waals surface area contributed by atoms with Crippen LogP contribution >= 0.6 is 0 Å². The smallest absolute Gasteiger partial charge is 0.433 e.